The standard InChI is InChI=1S/C51H32N4/c1-51(2)38-19-7-5-14-32(38)33-26-24-30(28-39(33)51)47-50(53-48-31-13-4-3-12-29(31)25-27-40(48)52-47)55-42-21-10-16-35-37-18-9-17-36-34-15-6-8-20-41(34)54(49(36)37)43-22-11-23-44(55)46(43)45(35)42/h3-28H,1-2H3. The number of hydrogen-bond donors (Lipinski definition) is 0. The van der Waals surface area contributed by atoms with Gasteiger partial charge in [-0.1, -0.05) is 135 Å². The Bertz CT molecular complexity index is 3640. The third kappa shape index (κ3) is 3.62. The van der Waals surface area contributed by atoms with Crippen LogP contribution in [0.25, 0.3) is 110 Å². The summed E-state index contributed by atoms with van der Waals surface area (Å²) < 4.78 is 4.89. The van der Waals surface area contributed by atoms with Crippen LogP contribution < -0.4 is 0 Å². The first-order valence-electron chi connectivity index (χ1n) is 19.1. The van der Waals surface area contributed by atoms with Crippen molar-refractivity contribution in [2.24, 2.45) is 0 Å². The molecule has 0 atom stereocenters. The minimum atomic E-state index is -0.144. The van der Waals surface area contributed by atoms with E-state index in [2.05, 4.69) is 181 Å². The second-order valence-corrected chi connectivity index (χ2v) is 15.7. The molecule has 256 valence electrons. The molecule has 0 N–H and O–H groups in total. The van der Waals surface area contributed by atoms with Crippen molar-refractivity contribution in [1.82, 2.24) is 18.9 Å². The summed E-state index contributed by atoms with van der Waals surface area (Å²) in [5, 5.41) is 9.74. The van der Waals surface area contributed by atoms with Crippen molar-refractivity contribution >= 4 is 81.7 Å². The van der Waals surface area contributed by atoms with Gasteiger partial charge in [-0.25, -0.2) is 9.97 Å². The van der Waals surface area contributed by atoms with Gasteiger partial charge in [-0.3, -0.25) is 4.57 Å². The van der Waals surface area contributed by atoms with Gasteiger partial charge >= 0.3 is 0 Å². The number of nitrogens with zero attached hydrogens (tertiary/aromatic N) is 4. The van der Waals surface area contributed by atoms with Crippen LogP contribution >= 0.6 is 0 Å². The predicted octanol–water partition coefficient (Wildman–Crippen LogP) is 13.0. The maximum absolute atomic E-state index is 5.71. The Labute approximate surface area is 315 Å². The van der Waals surface area contributed by atoms with E-state index in [9.17, 15) is 0 Å². The molecule has 4 heterocycles. The van der Waals surface area contributed by atoms with Gasteiger partial charge in [-0.2, -0.15) is 0 Å². The molecule has 0 fully saturated rings. The second-order valence-electron chi connectivity index (χ2n) is 15.7. The number of fused-ring (bicyclic) bond motifs is 11. The summed E-state index contributed by atoms with van der Waals surface area (Å²) in [5.74, 6) is 0.836. The number of benzene rings is 8. The zero-order valence-corrected chi connectivity index (χ0v) is 30.3. The van der Waals surface area contributed by atoms with E-state index in [-0.39, 0.29) is 5.41 Å². The fraction of sp³-hybridized carbons (Fsp3) is 0.0588. The summed E-state index contributed by atoms with van der Waals surface area (Å²) in [6.07, 6.45) is 0. The van der Waals surface area contributed by atoms with E-state index in [0.717, 1.165) is 49.9 Å². The molecule has 0 aliphatic heterocycles. The molecule has 12 aromatic rings. The van der Waals surface area contributed by atoms with Crippen LogP contribution in [0.15, 0.2) is 158 Å². The number of para-hydroxylation sites is 2. The Morgan fingerprint density at radius 2 is 1.13 bits per heavy atom. The SMILES string of the molecule is CC1(C)c2ccccc2-c2ccc(-c3nc4ccc5ccccc5c4nc3-n3c4cccc5c6cccc7c8ccccc8n(c8cccc3c8c54)c67)cc21. The van der Waals surface area contributed by atoms with Gasteiger partial charge in [0.2, 0.25) is 0 Å². The molecule has 0 radical (unpaired) electrons. The van der Waals surface area contributed by atoms with Gasteiger partial charge in [0, 0.05) is 43.3 Å². The van der Waals surface area contributed by atoms with Crippen molar-refractivity contribution in [1.29, 1.82) is 0 Å². The molecule has 8 aromatic carbocycles. The first kappa shape index (κ1) is 29.4. The summed E-state index contributed by atoms with van der Waals surface area (Å²) in [6.45, 7) is 4.68. The van der Waals surface area contributed by atoms with E-state index >= 15 is 0 Å². The quantitative estimate of drug-likeness (QED) is 0.168. The molecule has 4 nitrogen and oxygen atoms in total. The minimum Gasteiger partial charge on any atom is -0.308 e. The zero-order valence-electron chi connectivity index (χ0n) is 30.3. The monoisotopic (exact) mass is 700 g/mol. The fourth-order valence-corrected chi connectivity index (χ4v) is 10.2. The summed E-state index contributed by atoms with van der Waals surface area (Å²) in [7, 11) is 0. The lowest BCUT2D eigenvalue weighted by Gasteiger charge is -2.22. The van der Waals surface area contributed by atoms with Crippen molar-refractivity contribution in [3.05, 3.63) is 169 Å². The number of rotatable bonds is 2. The Hall–Kier alpha value is -7.04. The lowest BCUT2D eigenvalue weighted by Crippen LogP contribution is -2.15. The van der Waals surface area contributed by atoms with Crippen LogP contribution in [0.2, 0.25) is 0 Å². The summed E-state index contributed by atoms with van der Waals surface area (Å²) >= 11 is 0. The summed E-state index contributed by atoms with van der Waals surface area (Å²) in [6, 6.07) is 57.7. The number of hydrogen-bond acceptors (Lipinski definition) is 2. The van der Waals surface area contributed by atoms with Crippen molar-refractivity contribution in [2.75, 3.05) is 0 Å². The highest BCUT2D eigenvalue weighted by atomic mass is 15.1. The molecular formula is C51H32N4. The van der Waals surface area contributed by atoms with E-state index in [1.165, 1.54) is 71.1 Å². The molecule has 4 heteroatoms. The Balaban J connectivity index is 1.21. The maximum Gasteiger partial charge on any atom is 0.165 e. The molecular weight excluding hydrogens is 669 g/mol. The lowest BCUT2D eigenvalue weighted by molar-refractivity contribution is 0.660. The maximum atomic E-state index is 5.71. The second kappa shape index (κ2) is 10.1. The molecule has 55 heavy (non-hydrogen) atoms. The highest BCUT2D eigenvalue weighted by Crippen LogP contribution is 2.50. The van der Waals surface area contributed by atoms with Gasteiger partial charge in [-0.15, -0.1) is 0 Å². The molecule has 0 saturated carbocycles. The van der Waals surface area contributed by atoms with E-state index in [0.29, 0.717) is 0 Å². The van der Waals surface area contributed by atoms with E-state index in [1.807, 2.05) is 0 Å². The Morgan fingerprint density at radius 3 is 2.04 bits per heavy atom. The first-order chi connectivity index (χ1) is 27.1. The fourth-order valence-electron chi connectivity index (χ4n) is 10.2. The lowest BCUT2D eigenvalue weighted by atomic mass is 9.82. The molecule has 13 rings (SSSR count). The van der Waals surface area contributed by atoms with Crippen molar-refractivity contribution in [2.45, 2.75) is 19.3 Å². The summed E-state index contributed by atoms with van der Waals surface area (Å²) in [5.41, 5.74) is 14.8. The molecule has 0 unspecified atom stereocenters. The van der Waals surface area contributed by atoms with Gasteiger partial charge in [0.05, 0.1) is 38.6 Å². The van der Waals surface area contributed by atoms with Crippen LogP contribution in [-0.2, 0) is 5.41 Å². The van der Waals surface area contributed by atoms with Crippen molar-refractivity contribution in [3.8, 4) is 28.2 Å². The number of aromatic nitrogens is 4. The topological polar surface area (TPSA) is 35.1 Å². The van der Waals surface area contributed by atoms with Crippen LogP contribution in [0.3, 0.4) is 0 Å². The van der Waals surface area contributed by atoms with E-state index in [1.54, 1.807) is 0 Å². The van der Waals surface area contributed by atoms with Crippen LogP contribution in [0.1, 0.15) is 25.0 Å². The average Bonchev–Trinajstić information content (AvgIpc) is 3.80. The molecule has 1 aliphatic rings. The Kier molecular flexibility index (Phi) is 5.42. The van der Waals surface area contributed by atoms with Gasteiger partial charge in [0.1, 0.15) is 5.69 Å². The first-order valence-corrected chi connectivity index (χ1v) is 19.1. The predicted molar refractivity (Wildman–Crippen MR) is 229 cm³/mol. The molecule has 0 amide bonds. The highest BCUT2D eigenvalue weighted by Gasteiger charge is 2.36. The minimum absolute atomic E-state index is 0.144. The van der Waals surface area contributed by atoms with Crippen LogP contribution in [0.5, 0.6) is 0 Å². The normalized spacial score (nSPS) is 13.8. The molecule has 0 spiro atoms. The van der Waals surface area contributed by atoms with Gasteiger partial charge < -0.3 is 4.40 Å². The molecule has 0 bridgehead atoms. The highest BCUT2D eigenvalue weighted by molar-refractivity contribution is 6.31. The van der Waals surface area contributed by atoms with Crippen molar-refractivity contribution in [3.63, 3.8) is 0 Å². The molecule has 0 saturated heterocycles. The van der Waals surface area contributed by atoms with Crippen LogP contribution in [0.4, 0.5) is 0 Å². The van der Waals surface area contributed by atoms with Crippen molar-refractivity contribution < 1.29 is 0 Å². The molecule has 4 aromatic heterocycles. The smallest absolute Gasteiger partial charge is 0.165 e. The van der Waals surface area contributed by atoms with Gasteiger partial charge in [-0.05, 0) is 69.4 Å². The van der Waals surface area contributed by atoms with Gasteiger partial charge in [0.15, 0.2) is 5.82 Å². The summed E-state index contributed by atoms with van der Waals surface area (Å²) in [4.78, 5) is 11.3. The van der Waals surface area contributed by atoms with E-state index < -0.39 is 0 Å². The van der Waals surface area contributed by atoms with Gasteiger partial charge in [0.25, 0.3) is 0 Å². The third-order valence-electron chi connectivity index (χ3n) is 12.6. The largest absolute Gasteiger partial charge is 0.308 e. The molecule has 1 aliphatic carbocycles. The van der Waals surface area contributed by atoms with Crippen LogP contribution in [0, 0.1) is 0 Å². The van der Waals surface area contributed by atoms with Crippen LogP contribution in [-0.4, -0.2) is 18.9 Å². The van der Waals surface area contributed by atoms with E-state index in [4.69, 9.17) is 9.97 Å². The third-order valence-corrected chi connectivity index (χ3v) is 12.6. The zero-order chi connectivity index (χ0) is 36.2. The Morgan fingerprint density at radius 1 is 0.473 bits per heavy atom. The average molecular weight is 701 g/mol.